The Hall–Kier alpha value is -3.53. The molecule has 0 radical (unpaired) electrons. The van der Waals surface area contributed by atoms with E-state index >= 15 is 0 Å². The van der Waals surface area contributed by atoms with Gasteiger partial charge in [-0.05, 0) is 13.8 Å². The van der Waals surface area contributed by atoms with Crippen LogP contribution in [0.1, 0.15) is 21.3 Å². The number of alkyl halides is 3. The number of fused-ring (bicyclic) bond motifs is 1. The maximum Gasteiger partial charge on any atom is 0.490 e. The quantitative estimate of drug-likeness (QED) is 0.493. The van der Waals surface area contributed by atoms with Gasteiger partial charge in [-0.2, -0.15) is 18.2 Å². The van der Waals surface area contributed by atoms with E-state index in [9.17, 15) is 22.8 Å². The largest absolute Gasteiger partial charge is 0.490 e. The number of piperazine rings is 1. The van der Waals surface area contributed by atoms with E-state index < -0.39 is 23.4 Å². The van der Waals surface area contributed by atoms with E-state index in [4.69, 9.17) is 16.3 Å². The number of allylic oxidation sites excluding steroid dienone is 2. The Morgan fingerprint density at radius 1 is 1.24 bits per heavy atom. The fourth-order valence-electron chi connectivity index (χ4n) is 3.14. The van der Waals surface area contributed by atoms with Gasteiger partial charge in [0.05, 0.1) is 6.54 Å². The summed E-state index contributed by atoms with van der Waals surface area (Å²) in [4.78, 5) is 41.2. The first kappa shape index (κ1) is 28.5. The molecule has 1 aliphatic rings. The number of hydrogen-bond donors (Lipinski definition) is 2. The van der Waals surface area contributed by atoms with E-state index in [1.807, 2.05) is 24.5 Å². The Morgan fingerprint density at radius 2 is 1.79 bits per heavy atom. The van der Waals surface area contributed by atoms with Crippen molar-refractivity contribution in [3.05, 3.63) is 32.5 Å². The van der Waals surface area contributed by atoms with Crippen molar-refractivity contribution in [2.75, 3.05) is 31.1 Å². The number of nitrogens with one attached hydrogen (secondary N) is 1. The molecule has 0 aromatic carbocycles. The van der Waals surface area contributed by atoms with Gasteiger partial charge in [-0.1, -0.05) is 25.0 Å². The first-order chi connectivity index (χ1) is 15.4. The number of aliphatic carboxylic acids is 1. The van der Waals surface area contributed by atoms with Crippen molar-refractivity contribution in [1.82, 2.24) is 24.0 Å². The summed E-state index contributed by atoms with van der Waals surface area (Å²) in [5.41, 5.74) is 1.11. The van der Waals surface area contributed by atoms with Gasteiger partial charge in [0.1, 0.15) is 0 Å². The van der Waals surface area contributed by atoms with Crippen molar-refractivity contribution >= 4 is 23.1 Å². The zero-order chi connectivity index (χ0) is 24.9. The maximum atomic E-state index is 13.0. The van der Waals surface area contributed by atoms with Crippen molar-refractivity contribution < 1.29 is 23.1 Å². The molecule has 2 aromatic rings. The lowest BCUT2D eigenvalue weighted by Gasteiger charge is -2.28. The highest BCUT2D eigenvalue weighted by molar-refractivity contribution is 5.75. The fourth-order valence-corrected chi connectivity index (χ4v) is 3.14. The first-order valence-electron chi connectivity index (χ1n) is 9.92. The lowest BCUT2D eigenvalue weighted by atomic mass is 10.3. The molecule has 188 valence electrons. The molecule has 0 saturated carbocycles. The van der Waals surface area contributed by atoms with Crippen molar-refractivity contribution in [3.63, 3.8) is 0 Å². The summed E-state index contributed by atoms with van der Waals surface area (Å²) >= 11 is 0. The number of hydrogen-bond acceptors (Lipinski definition) is 6. The number of rotatable bonds is 4. The Balaban J connectivity index is 0.000000633. The third kappa shape index (κ3) is 6.28. The molecule has 2 N–H and O–H groups in total. The first-order valence-corrected chi connectivity index (χ1v) is 9.92. The molecule has 1 aliphatic heterocycles. The van der Waals surface area contributed by atoms with Crippen LogP contribution in [-0.4, -0.2) is 62.1 Å². The topological polar surface area (TPSA) is 114 Å². The molecular weight excluding hydrogens is 457 g/mol. The van der Waals surface area contributed by atoms with Crippen molar-refractivity contribution in [2.45, 2.75) is 40.5 Å². The molecule has 1 fully saturated rings. The molecule has 0 unspecified atom stereocenters. The van der Waals surface area contributed by atoms with Crippen molar-refractivity contribution in [3.8, 4) is 12.3 Å². The molecule has 0 aliphatic carbocycles. The van der Waals surface area contributed by atoms with Gasteiger partial charge in [-0.15, -0.1) is 6.42 Å². The standard InChI is InChI=1S/C18H24N6O2.C2HF3O2.CH4/c1-5-9-24-16(25)14-15(21(4)18(24)26)20-17(22-11-7-19-8-12-22)23(14)10-6-13(2)3;3-2(4,5)1(6)7;/h1,6,19H,7-12H2,2-4H3;(H,6,7);1H4. The van der Waals surface area contributed by atoms with Crippen LogP contribution in [0.25, 0.3) is 11.2 Å². The summed E-state index contributed by atoms with van der Waals surface area (Å²) in [5, 5.41) is 10.4. The molecule has 0 atom stereocenters. The predicted molar refractivity (Wildman–Crippen MR) is 123 cm³/mol. The average Bonchev–Trinajstić information content (AvgIpc) is 3.14. The van der Waals surface area contributed by atoms with Crippen molar-refractivity contribution in [1.29, 1.82) is 0 Å². The number of aromatic nitrogens is 4. The van der Waals surface area contributed by atoms with Crippen LogP contribution in [0.2, 0.25) is 0 Å². The molecular formula is C21H29F3N6O4. The molecule has 10 nitrogen and oxygen atoms in total. The van der Waals surface area contributed by atoms with E-state index in [1.54, 1.807) is 7.05 Å². The summed E-state index contributed by atoms with van der Waals surface area (Å²) in [7, 11) is 1.62. The lowest BCUT2D eigenvalue weighted by molar-refractivity contribution is -0.192. The Labute approximate surface area is 194 Å². The number of terminal acetylenes is 1. The zero-order valence-electron chi connectivity index (χ0n) is 18.4. The van der Waals surface area contributed by atoms with Crippen LogP contribution >= 0.6 is 0 Å². The zero-order valence-corrected chi connectivity index (χ0v) is 18.4. The SMILES string of the molecule is C.C#CCn1c(=O)c2c(nc(N3CCNCC3)n2CC=C(C)C)n(C)c1=O.O=C(O)C(F)(F)F. The monoisotopic (exact) mass is 486 g/mol. The summed E-state index contributed by atoms with van der Waals surface area (Å²) in [6, 6.07) is 0. The molecule has 34 heavy (non-hydrogen) atoms. The number of aryl methyl sites for hydroxylation is 1. The number of imidazole rings is 1. The van der Waals surface area contributed by atoms with Gasteiger partial charge < -0.3 is 19.9 Å². The molecule has 3 rings (SSSR count). The molecule has 0 spiro atoms. The van der Waals surface area contributed by atoms with Crippen LogP contribution in [-0.2, 0) is 24.9 Å². The van der Waals surface area contributed by atoms with Crippen LogP contribution in [0.4, 0.5) is 19.1 Å². The predicted octanol–water partition coefficient (Wildman–Crippen LogP) is 1.18. The number of carbonyl (C=O) groups is 1. The van der Waals surface area contributed by atoms with Gasteiger partial charge in [0.15, 0.2) is 11.2 Å². The number of carboxylic acid groups (broad SMARTS) is 1. The van der Waals surface area contributed by atoms with E-state index in [0.717, 1.165) is 36.3 Å². The van der Waals surface area contributed by atoms with Crippen LogP contribution < -0.4 is 21.5 Å². The highest BCUT2D eigenvalue weighted by Gasteiger charge is 2.38. The minimum absolute atomic E-state index is 0. The number of carboxylic acids is 1. The molecule has 3 heterocycles. The Kier molecular flexibility index (Phi) is 9.69. The second-order valence-electron chi connectivity index (χ2n) is 7.45. The minimum atomic E-state index is -5.08. The van der Waals surface area contributed by atoms with E-state index in [0.29, 0.717) is 23.7 Å². The van der Waals surface area contributed by atoms with Gasteiger partial charge in [0, 0.05) is 39.8 Å². The third-order valence-electron chi connectivity index (χ3n) is 4.79. The lowest BCUT2D eigenvalue weighted by Crippen LogP contribution is -2.44. The second-order valence-corrected chi connectivity index (χ2v) is 7.45. The highest BCUT2D eigenvalue weighted by Crippen LogP contribution is 2.20. The van der Waals surface area contributed by atoms with E-state index in [2.05, 4.69) is 21.1 Å². The van der Waals surface area contributed by atoms with Gasteiger partial charge >= 0.3 is 17.8 Å². The molecule has 0 bridgehead atoms. The summed E-state index contributed by atoms with van der Waals surface area (Å²) in [6.45, 7) is 7.78. The number of nitrogens with zero attached hydrogens (tertiary/aromatic N) is 5. The van der Waals surface area contributed by atoms with E-state index in [1.165, 1.54) is 4.57 Å². The summed E-state index contributed by atoms with van der Waals surface area (Å²) < 4.78 is 36.1. The fraction of sp³-hybridized carbons (Fsp3) is 0.524. The molecule has 1 saturated heterocycles. The smallest absolute Gasteiger partial charge is 0.475 e. The molecule has 2 aromatic heterocycles. The number of anilines is 1. The normalized spacial score (nSPS) is 13.4. The van der Waals surface area contributed by atoms with Crippen molar-refractivity contribution in [2.24, 2.45) is 7.05 Å². The van der Waals surface area contributed by atoms with Crippen LogP contribution in [0.3, 0.4) is 0 Å². The van der Waals surface area contributed by atoms with E-state index in [-0.39, 0.29) is 14.0 Å². The maximum absolute atomic E-state index is 13.0. The average molecular weight is 486 g/mol. The van der Waals surface area contributed by atoms with Crippen LogP contribution in [0.15, 0.2) is 21.2 Å². The second kappa shape index (κ2) is 11.6. The Bertz CT molecular complexity index is 1210. The van der Waals surface area contributed by atoms with Gasteiger partial charge in [-0.3, -0.25) is 9.36 Å². The molecule has 13 heteroatoms. The summed E-state index contributed by atoms with van der Waals surface area (Å²) in [6.07, 6.45) is 2.31. The summed E-state index contributed by atoms with van der Waals surface area (Å²) in [5.74, 6) is 0.342. The van der Waals surface area contributed by atoms with Gasteiger partial charge in [0.2, 0.25) is 5.95 Å². The van der Waals surface area contributed by atoms with Crippen LogP contribution in [0, 0.1) is 12.3 Å². The van der Waals surface area contributed by atoms with Gasteiger partial charge in [0.25, 0.3) is 5.56 Å². The Morgan fingerprint density at radius 3 is 2.26 bits per heavy atom. The third-order valence-corrected chi connectivity index (χ3v) is 4.79. The molecule has 0 amide bonds. The van der Waals surface area contributed by atoms with Crippen LogP contribution in [0.5, 0.6) is 0 Å². The highest BCUT2D eigenvalue weighted by atomic mass is 19.4. The number of halogens is 3. The minimum Gasteiger partial charge on any atom is -0.475 e. The van der Waals surface area contributed by atoms with Gasteiger partial charge in [-0.25, -0.2) is 14.2 Å².